The van der Waals surface area contributed by atoms with E-state index >= 15 is 0 Å². The number of carbonyl (C=O) groups is 2. The maximum absolute atomic E-state index is 13.0. The minimum absolute atomic E-state index is 0.0495. The molecule has 1 aromatic rings. The van der Waals surface area contributed by atoms with Crippen molar-refractivity contribution >= 4 is 30.6 Å². The van der Waals surface area contributed by atoms with Gasteiger partial charge in [-0.2, -0.15) is 0 Å². The first-order valence-corrected chi connectivity index (χ1v) is 12.3. The number of hydrogen-bond donors (Lipinski definition) is 3. The Morgan fingerprint density at radius 2 is 1.85 bits per heavy atom. The van der Waals surface area contributed by atoms with Crippen LogP contribution in [0.2, 0.25) is 0 Å². The second-order valence-corrected chi connectivity index (χ2v) is 10.6. The molecule has 0 amide bonds. The number of thiophene rings is 1. The first-order chi connectivity index (χ1) is 12.8. The van der Waals surface area contributed by atoms with Gasteiger partial charge in [-0.3, -0.25) is 14.2 Å². The highest BCUT2D eigenvalue weighted by Crippen LogP contribution is 2.54. The standard InChI is InChI=1S/C19H31O6PS/c1-2-3-4-5-7-16(26(24,25)14-17-8-6-13-27-17)11-9-15(19(22)23)10-12-18(20)21/h6,8,13,15-16H,2-5,7,9-12,14H2,1H3,(H,20,21)(H,22,23)(H,24,25). The van der Waals surface area contributed by atoms with Crippen molar-refractivity contribution in [2.45, 2.75) is 76.5 Å². The van der Waals surface area contributed by atoms with E-state index in [0.717, 1.165) is 30.6 Å². The second-order valence-electron chi connectivity index (χ2n) is 7.04. The van der Waals surface area contributed by atoms with Crippen LogP contribution in [0.1, 0.15) is 69.6 Å². The van der Waals surface area contributed by atoms with E-state index in [1.807, 2.05) is 17.5 Å². The molecule has 0 saturated heterocycles. The summed E-state index contributed by atoms with van der Waals surface area (Å²) < 4.78 is 13.0. The molecule has 3 atom stereocenters. The Labute approximate surface area is 165 Å². The zero-order chi connectivity index (χ0) is 20.3. The van der Waals surface area contributed by atoms with Crippen LogP contribution in [0.5, 0.6) is 0 Å². The van der Waals surface area contributed by atoms with Gasteiger partial charge in [-0.05, 0) is 37.1 Å². The zero-order valence-electron chi connectivity index (χ0n) is 15.9. The van der Waals surface area contributed by atoms with Crippen LogP contribution in [0.15, 0.2) is 17.5 Å². The molecule has 8 heteroatoms. The number of rotatable bonds is 15. The van der Waals surface area contributed by atoms with Crippen LogP contribution in [-0.2, 0) is 20.3 Å². The van der Waals surface area contributed by atoms with Gasteiger partial charge in [0.2, 0.25) is 7.37 Å². The summed E-state index contributed by atoms with van der Waals surface area (Å²) in [5.74, 6) is -2.85. The van der Waals surface area contributed by atoms with E-state index in [-0.39, 0.29) is 25.4 Å². The summed E-state index contributed by atoms with van der Waals surface area (Å²) in [6.07, 6.45) is 5.13. The predicted octanol–water partition coefficient (Wildman–Crippen LogP) is 5.20. The molecule has 0 aliphatic heterocycles. The molecule has 1 heterocycles. The molecule has 1 rings (SSSR count). The van der Waals surface area contributed by atoms with Crippen molar-refractivity contribution in [3.8, 4) is 0 Å². The van der Waals surface area contributed by atoms with E-state index in [1.54, 1.807) is 0 Å². The van der Waals surface area contributed by atoms with Crippen LogP contribution in [-0.4, -0.2) is 32.7 Å². The van der Waals surface area contributed by atoms with Crippen LogP contribution < -0.4 is 0 Å². The number of carboxylic acids is 2. The number of hydrogen-bond acceptors (Lipinski definition) is 4. The summed E-state index contributed by atoms with van der Waals surface area (Å²) in [4.78, 5) is 33.7. The van der Waals surface area contributed by atoms with Crippen molar-refractivity contribution in [1.29, 1.82) is 0 Å². The van der Waals surface area contributed by atoms with Crippen LogP contribution in [0, 0.1) is 5.92 Å². The zero-order valence-corrected chi connectivity index (χ0v) is 17.6. The highest BCUT2D eigenvalue weighted by molar-refractivity contribution is 7.58. The summed E-state index contributed by atoms with van der Waals surface area (Å²) in [5.41, 5.74) is -0.442. The average Bonchev–Trinajstić information content (AvgIpc) is 3.07. The molecular weight excluding hydrogens is 387 g/mol. The first kappa shape index (κ1) is 23.9. The monoisotopic (exact) mass is 418 g/mol. The normalized spacial score (nSPS) is 15.8. The fourth-order valence-electron chi connectivity index (χ4n) is 3.19. The third-order valence-corrected chi connectivity index (χ3v) is 8.37. The van der Waals surface area contributed by atoms with Crippen molar-refractivity contribution < 1.29 is 29.3 Å². The lowest BCUT2D eigenvalue weighted by atomic mass is 9.95. The van der Waals surface area contributed by atoms with Gasteiger partial charge in [-0.25, -0.2) is 0 Å². The predicted molar refractivity (Wildman–Crippen MR) is 108 cm³/mol. The molecule has 0 saturated carbocycles. The Hall–Kier alpha value is -1.17. The van der Waals surface area contributed by atoms with Crippen molar-refractivity contribution in [3.63, 3.8) is 0 Å². The third kappa shape index (κ3) is 9.54. The highest BCUT2D eigenvalue weighted by Gasteiger charge is 2.32. The molecule has 3 unspecified atom stereocenters. The molecule has 0 bridgehead atoms. The second kappa shape index (κ2) is 12.3. The average molecular weight is 418 g/mol. The van der Waals surface area contributed by atoms with Crippen molar-refractivity contribution in [2.75, 3.05) is 0 Å². The van der Waals surface area contributed by atoms with E-state index in [4.69, 9.17) is 5.11 Å². The molecule has 1 aromatic heterocycles. The Kier molecular flexibility index (Phi) is 10.9. The van der Waals surface area contributed by atoms with Gasteiger partial charge in [-0.1, -0.05) is 38.7 Å². The Morgan fingerprint density at radius 3 is 2.41 bits per heavy atom. The third-order valence-electron chi connectivity index (χ3n) is 4.83. The SMILES string of the molecule is CCCCCCC(CCC(CCC(=O)O)C(=O)O)P(=O)(O)Cc1cccs1. The minimum Gasteiger partial charge on any atom is -0.481 e. The summed E-state index contributed by atoms with van der Waals surface area (Å²) in [6, 6.07) is 3.69. The Morgan fingerprint density at radius 1 is 1.11 bits per heavy atom. The quantitative estimate of drug-likeness (QED) is 0.266. The minimum atomic E-state index is -3.46. The summed E-state index contributed by atoms with van der Waals surface area (Å²) in [7, 11) is -3.46. The first-order valence-electron chi connectivity index (χ1n) is 9.54. The number of aliphatic carboxylic acids is 2. The van der Waals surface area contributed by atoms with Crippen molar-refractivity contribution in [3.05, 3.63) is 22.4 Å². The molecule has 0 spiro atoms. The Balaban J connectivity index is 2.75. The van der Waals surface area contributed by atoms with Crippen LogP contribution in [0.25, 0.3) is 0 Å². The van der Waals surface area contributed by atoms with Crippen molar-refractivity contribution in [1.82, 2.24) is 0 Å². The smallest absolute Gasteiger partial charge is 0.306 e. The van der Waals surface area contributed by atoms with Crippen molar-refractivity contribution in [2.24, 2.45) is 5.92 Å². The van der Waals surface area contributed by atoms with Gasteiger partial charge in [0.15, 0.2) is 0 Å². The number of unbranched alkanes of at least 4 members (excludes halogenated alkanes) is 3. The van der Waals surface area contributed by atoms with Crippen LogP contribution in [0.3, 0.4) is 0 Å². The van der Waals surface area contributed by atoms with E-state index in [2.05, 4.69) is 6.92 Å². The van der Waals surface area contributed by atoms with Gasteiger partial charge in [0.1, 0.15) is 0 Å². The van der Waals surface area contributed by atoms with Gasteiger partial charge >= 0.3 is 11.9 Å². The van der Waals surface area contributed by atoms with Crippen LogP contribution in [0.4, 0.5) is 0 Å². The number of carboxylic acid groups (broad SMARTS) is 2. The van der Waals surface area contributed by atoms with E-state index in [0.29, 0.717) is 12.8 Å². The summed E-state index contributed by atoms with van der Waals surface area (Å²) in [5, 5.41) is 20.0. The lowest BCUT2D eigenvalue weighted by molar-refractivity contribution is -0.143. The maximum Gasteiger partial charge on any atom is 0.306 e. The molecule has 0 aromatic carbocycles. The largest absolute Gasteiger partial charge is 0.481 e. The molecule has 0 aliphatic rings. The molecule has 0 fully saturated rings. The molecular formula is C19H31O6PS. The van der Waals surface area contributed by atoms with E-state index in [1.165, 1.54) is 11.3 Å². The van der Waals surface area contributed by atoms with E-state index in [9.17, 15) is 24.2 Å². The molecule has 3 N–H and O–H groups in total. The van der Waals surface area contributed by atoms with Gasteiger partial charge in [0.25, 0.3) is 0 Å². The highest BCUT2D eigenvalue weighted by atomic mass is 32.1. The lowest BCUT2D eigenvalue weighted by Crippen LogP contribution is -2.19. The van der Waals surface area contributed by atoms with Gasteiger partial charge < -0.3 is 15.1 Å². The van der Waals surface area contributed by atoms with E-state index < -0.39 is 30.9 Å². The van der Waals surface area contributed by atoms with Gasteiger partial charge in [0.05, 0.1) is 12.1 Å². The topological polar surface area (TPSA) is 112 Å². The molecule has 0 aliphatic carbocycles. The molecule has 6 nitrogen and oxygen atoms in total. The van der Waals surface area contributed by atoms with Crippen LogP contribution >= 0.6 is 18.7 Å². The maximum atomic E-state index is 13.0. The fourth-order valence-corrected chi connectivity index (χ4v) is 6.48. The lowest BCUT2D eigenvalue weighted by Gasteiger charge is -2.24. The molecule has 154 valence electrons. The summed E-state index contributed by atoms with van der Waals surface area (Å²) in [6.45, 7) is 2.10. The van der Waals surface area contributed by atoms with Gasteiger partial charge in [-0.15, -0.1) is 11.3 Å². The molecule has 27 heavy (non-hydrogen) atoms. The van der Waals surface area contributed by atoms with Gasteiger partial charge in [0, 0.05) is 17.0 Å². The Bertz CT molecular complexity index is 616. The fraction of sp³-hybridized carbons (Fsp3) is 0.684. The summed E-state index contributed by atoms with van der Waals surface area (Å²) >= 11 is 1.45. The molecule has 0 radical (unpaired) electrons.